The molecule has 2 aromatic heterocycles. The van der Waals surface area contributed by atoms with E-state index in [0.717, 1.165) is 35.8 Å². The van der Waals surface area contributed by atoms with Gasteiger partial charge in [0, 0.05) is 37.9 Å². The van der Waals surface area contributed by atoms with Gasteiger partial charge in [-0.3, -0.25) is 4.79 Å². The van der Waals surface area contributed by atoms with Gasteiger partial charge >= 0.3 is 6.36 Å². The zero-order valence-electron chi connectivity index (χ0n) is 16.2. The summed E-state index contributed by atoms with van der Waals surface area (Å²) in [5.74, 6) is 0.115. The van der Waals surface area contributed by atoms with E-state index >= 15 is 0 Å². The Morgan fingerprint density at radius 2 is 2.00 bits per heavy atom. The molecule has 0 saturated carbocycles. The number of hydrogen-bond donors (Lipinski definition) is 1. The molecule has 1 aliphatic heterocycles. The van der Waals surface area contributed by atoms with Crippen LogP contribution in [-0.4, -0.2) is 58.3 Å². The van der Waals surface area contributed by atoms with Gasteiger partial charge < -0.3 is 19.5 Å². The molecular weight excluding hydrogens is 399 g/mol. The predicted octanol–water partition coefficient (Wildman–Crippen LogP) is 3.60. The Balaban J connectivity index is 1.41. The van der Waals surface area contributed by atoms with Crippen molar-refractivity contribution in [2.45, 2.75) is 25.2 Å². The van der Waals surface area contributed by atoms with E-state index < -0.39 is 12.1 Å². The number of aromatic nitrogens is 3. The quantitative estimate of drug-likeness (QED) is 0.700. The molecule has 1 saturated heterocycles. The number of carbonyl (C=O) groups is 1. The fourth-order valence-electron chi connectivity index (χ4n) is 3.78. The third-order valence-electron chi connectivity index (χ3n) is 5.28. The molecule has 1 fully saturated rings. The number of rotatable bonds is 4. The second-order valence-electron chi connectivity index (χ2n) is 7.15. The molecule has 1 aromatic carbocycles. The molecule has 1 amide bonds. The van der Waals surface area contributed by atoms with Gasteiger partial charge in [0.1, 0.15) is 23.5 Å². The van der Waals surface area contributed by atoms with Crippen LogP contribution in [0.1, 0.15) is 23.2 Å². The number of ether oxygens (including phenoxy) is 1. The summed E-state index contributed by atoms with van der Waals surface area (Å²) in [6.45, 7) is 0.999. The van der Waals surface area contributed by atoms with E-state index in [4.69, 9.17) is 0 Å². The van der Waals surface area contributed by atoms with Crippen LogP contribution in [0, 0.1) is 0 Å². The SMILES string of the molecule is CN(c1ncnc2[nH]ccc12)C1CCN(C(=O)c2cccc(OC(F)(F)F)c2)CC1. The number of benzene rings is 1. The van der Waals surface area contributed by atoms with E-state index in [1.54, 1.807) is 4.90 Å². The zero-order valence-corrected chi connectivity index (χ0v) is 16.2. The van der Waals surface area contributed by atoms with Gasteiger partial charge in [-0.05, 0) is 37.1 Å². The van der Waals surface area contributed by atoms with Crippen molar-refractivity contribution in [3.8, 4) is 5.75 Å². The number of alkyl halides is 3. The average Bonchev–Trinajstić information content (AvgIpc) is 3.21. The lowest BCUT2D eigenvalue weighted by Crippen LogP contribution is -2.46. The normalized spacial score (nSPS) is 15.4. The van der Waals surface area contributed by atoms with Gasteiger partial charge in [0.25, 0.3) is 5.91 Å². The lowest BCUT2D eigenvalue weighted by molar-refractivity contribution is -0.274. The molecule has 1 N–H and O–H groups in total. The second-order valence-corrected chi connectivity index (χ2v) is 7.15. The fourth-order valence-corrected chi connectivity index (χ4v) is 3.78. The Morgan fingerprint density at radius 1 is 1.23 bits per heavy atom. The molecule has 4 rings (SSSR count). The van der Waals surface area contributed by atoms with Gasteiger partial charge in [0.05, 0.1) is 5.39 Å². The van der Waals surface area contributed by atoms with Crippen molar-refractivity contribution >= 4 is 22.8 Å². The van der Waals surface area contributed by atoms with Gasteiger partial charge in [-0.25, -0.2) is 9.97 Å². The van der Waals surface area contributed by atoms with Crippen molar-refractivity contribution in [3.05, 3.63) is 48.4 Å². The van der Waals surface area contributed by atoms with Gasteiger partial charge in [-0.15, -0.1) is 13.2 Å². The number of H-pyrrole nitrogens is 1. The minimum atomic E-state index is -4.80. The summed E-state index contributed by atoms with van der Waals surface area (Å²) < 4.78 is 41.2. The van der Waals surface area contributed by atoms with Crippen molar-refractivity contribution in [2.24, 2.45) is 0 Å². The molecule has 3 aromatic rings. The van der Waals surface area contributed by atoms with Crippen molar-refractivity contribution < 1.29 is 22.7 Å². The van der Waals surface area contributed by atoms with Gasteiger partial charge in [0.15, 0.2) is 0 Å². The third-order valence-corrected chi connectivity index (χ3v) is 5.28. The summed E-state index contributed by atoms with van der Waals surface area (Å²) in [7, 11) is 1.97. The van der Waals surface area contributed by atoms with Crippen molar-refractivity contribution in [2.75, 3.05) is 25.0 Å². The van der Waals surface area contributed by atoms with Crippen molar-refractivity contribution in [3.63, 3.8) is 0 Å². The highest BCUT2D eigenvalue weighted by atomic mass is 19.4. The Morgan fingerprint density at radius 3 is 2.73 bits per heavy atom. The Kier molecular flexibility index (Phi) is 5.23. The molecular formula is C20H20F3N5O2. The maximum atomic E-state index is 12.8. The molecule has 1 aliphatic rings. The second kappa shape index (κ2) is 7.85. The first kappa shape index (κ1) is 20.0. The van der Waals surface area contributed by atoms with Crippen LogP contribution in [0.15, 0.2) is 42.9 Å². The molecule has 3 heterocycles. The number of likely N-dealkylation sites (tertiary alicyclic amines) is 1. The summed E-state index contributed by atoms with van der Waals surface area (Å²) in [6.07, 6.45) is -0.0296. The Hall–Kier alpha value is -3.30. The zero-order chi connectivity index (χ0) is 21.3. The molecule has 0 unspecified atom stereocenters. The van der Waals surface area contributed by atoms with Gasteiger partial charge in [-0.1, -0.05) is 6.07 Å². The van der Waals surface area contributed by atoms with E-state index in [-0.39, 0.29) is 17.5 Å². The molecule has 0 aliphatic carbocycles. The maximum absolute atomic E-state index is 12.8. The highest BCUT2D eigenvalue weighted by Gasteiger charge is 2.32. The molecule has 7 nitrogen and oxygen atoms in total. The first-order valence-electron chi connectivity index (χ1n) is 9.48. The Bertz CT molecular complexity index is 1040. The number of anilines is 1. The summed E-state index contributed by atoms with van der Waals surface area (Å²) in [6, 6.07) is 7.28. The van der Waals surface area contributed by atoms with Crippen LogP contribution < -0.4 is 9.64 Å². The molecule has 0 bridgehead atoms. The van der Waals surface area contributed by atoms with Crippen LogP contribution in [0.5, 0.6) is 5.75 Å². The third kappa shape index (κ3) is 4.17. The first-order chi connectivity index (χ1) is 14.3. The van der Waals surface area contributed by atoms with E-state index in [1.165, 1.54) is 24.5 Å². The van der Waals surface area contributed by atoms with Crippen molar-refractivity contribution in [1.82, 2.24) is 19.9 Å². The van der Waals surface area contributed by atoms with Gasteiger partial charge in [0.2, 0.25) is 0 Å². The minimum Gasteiger partial charge on any atom is -0.406 e. The van der Waals surface area contributed by atoms with Crippen LogP contribution >= 0.6 is 0 Å². The lowest BCUT2D eigenvalue weighted by Gasteiger charge is -2.37. The topological polar surface area (TPSA) is 74.4 Å². The van der Waals surface area contributed by atoms with E-state index in [1.807, 2.05) is 19.3 Å². The highest BCUT2D eigenvalue weighted by Crippen LogP contribution is 2.28. The molecule has 0 atom stereocenters. The maximum Gasteiger partial charge on any atom is 0.573 e. The van der Waals surface area contributed by atoms with Crippen LogP contribution in [-0.2, 0) is 0 Å². The summed E-state index contributed by atoms with van der Waals surface area (Å²) in [4.78, 5) is 28.2. The summed E-state index contributed by atoms with van der Waals surface area (Å²) >= 11 is 0. The Labute approximate surface area is 170 Å². The number of aromatic amines is 1. The summed E-state index contributed by atoms with van der Waals surface area (Å²) in [5.41, 5.74) is 0.939. The largest absolute Gasteiger partial charge is 0.573 e. The van der Waals surface area contributed by atoms with Crippen LogP contribution in [0.2, 0.25) is 0 Å². The molecule has 0 spiro atoms. The number of amides is 1. The van der Waals surface area contributed by atoms with E-state index in [9.17, 15) is 18.0 Å². The number of piperidine rings is 1. The molecule has 10 heteroatoms. The first-order valence-corrected chi connectivity index (χ1v) is 9.48. The molecule has 0 radical (unpaired) electrons. The van der Waals surface area contributed by atoms with Gasteiger partial charge in [-0.2, -0.15) is 0 Å². The number of hydrogen-bond acceptors (Lipinski definition) is 5. The van der Waals surface area contributed by atoms with Crippen LogP contribution in [0.4, 0.5) is 19.0 Å². The number of carbonyl (C=O) groups excluding carboxylic acids is 1. The smallest absolute Gasteiger partial charge is 0.406 e. The molecule has 30 heavy (non-hydrogen) atoms. The monoisotopic (exact) mass is 419 g/mol. The predicted molar refractivity (Wildman–Crippen MR) is 104 cm³/mol. The highest BCUT2D eigenvalue weighted by molar-refractivity contribution is 5.94. The number of fused-ring (bicyclic) bond motifs is 1. The van der Waals surface area contributed by atoms with Crippen LogP contribution in [0.25, 0.3) is 11.0 Å². The number of nitrogens with zero attached hydrogens (tertiary/aromatic N) is 4. The standard InChI is InChI=1S/C20H20F3N5O2/c1-27(18-16-5-8-24-17(16)25-12-26-18)14-6-9-28(10-7-14)19(29)13-3-2-4-15(11-13)30-20(21,22)23/h2-5,8,11-12,14H,6-7,9-10H2,1H3,(H,24,25,26). The molecule has 158 valence electrons. The minimum absolute atomic E-state index is 0.174. The van der Waals surface area contributed by atoms with E-state index in [0.29, 0.717) is 13.1 Å². The summed E-state index contributed by atoms with van der Waals surface area (Å²) in [5, 5.41) is 0.931. The average molecular weight is 419 g/mol. The lowest BCUT2D eigenvalue weighted by atomic mass is 10.0. The van der Waals surface area contributed by atoms with E-state index in [2.05, 4.69) is 24.6 Å². The fraction of sp³-hybridized carbons (Fsp3) is 0.350. The van der Waals surface area contributed by atoms with Crippen LogP contribution in [0.3, 0.4) is 0 Å². The van der Waals surface area contributed by atoms with Crippen molar-refractivity contribution in [1.29, 1.82) is 0 Å². The number of halogens is 3. The number of nitrogens with one attached hydrogen (secondary N) is 1.